The van der Waals surface area contributed by atoms with Gasteiger partial charge in [0.25, 0.3) is 0 Å². The molecule has 0 amide bonds. The lowest BCUT2D eigenvalue weighted by atomic mass is 9.98. The average molecular weight is 870 g/mol. The quantitative estimate of drug-likeness (QED) is 0.162. The number of aromatic amines is 2. The summed E-state index contributed by atoms with van der Waals surface area (Å²) in [6.07, 6.45) is 8.66. The Hall–Kier alpha value is -6.72. The van der Waals surface area contributed by atoms with Gasteiger partial charge in [-0.3, -0.25) is 4.90 Å². The highest BCUT2D eigenvalue weighted by Crippen LogP contribution is 2.41. The smallest absolute Gasteiger partial charge is 0.369 e. The van der Waals surface area contributed by atoms with Gasteiger partial charge in [0, 0.05) is 69.5 Å². The van der Waals surface area contributed by atoms with Crippen molar-refractivity contribution in [3.8, 4) is 44.5 Å². The molecule has 2 N–H and O–H groups in total. The van der Waals surface area contributed by atoms with Gasteiger partial charge in [0.1, 0.15) is 0 Å². The Bertz CT molecular complexity index is 3190. The maximum atomic E-state index is 6.54. The van der Waals surface area contributed by atoms with Crippen molar-refractivity contribution in [2.45, 2.75) is 27.7 Å². The number of allylic oxidation sites excluding steroid dienone is 2. The predicted octanol–water partition coefficient (Wildman–Crippen LogP) is 12.3. The van der Waals surface area contributed by atoms with Crippen molar-refractivity contribution in [1.29, 1.82) is 0 Å². The Labute approximate surface area is 381 Å². The maximum Gasteiger partial charge on any atom is 0.529 e. The fourth-order valence-electron chi connectivity index (χ4n) is 9.27. The fourth-order valence-corrected chi connectivity index (χ4v) is 11.3. The molecule has 0 atom stereocenters. The van der Waals surface area contributed by atoms with E-state index in [0.717, 1.165) is 115 Å². The average Bonchev–Trinajstić information content (AvgIpc) is 4.13. The van der Waals surface area contributed by atoms with Crippen LogP contribution < -0.4 is 0 Å². The van der Waals surface area contributed by atoms with E-state index in [9.17, 15) is 0 Å². The largest absolute Gasteiger partial charge is 0.529 e. The number of benzene rings is 4. The van der Waals surface area contributed by atoms with Crippen LogP contribution in [-0.2, 0) is 13.3 Å². The van der Waals surface area contributed by atoms with Crippen LogP contribution in [-0.4, -0.2) is 73.1 Å². The number of fused-ring (bicyclic) bond motifs is 14. The van der Waals surface area contributed by atoms with Gasteiger partial charge in [-0.25, -0.2) is 9.97 Å². The zero-order valence-corrected chi connectivity index (χ0v) is 38.2. The van der Waals surface area contributed by atoms with Crippen molar-refractivity contribution in [1.82, 2.24) is 24.8 Å². The van der Waals surface area contributed by atoms with Crippen LogP contribution in [0.2, 0.25) is 0 Å². The van der Waals surface area contributed by atoms with Crippen LogP contribution in [0.25, 0.3) is 90.4 Å². The highest BCUT2D eigenvalue weighted by molar-refractivity contribution is 6.66. The minimum Gasteiger partial charge on any atom is -0.369 e. The van der Waals surface area contributed by atoms with Gasteiger partial charge in [-0.15, -0.1) is 0 Å². The number of aromatic nitrogens is 4. The number of hydrogen-bond donors (Lipinski definition) is 2. The molecule has 65 heavy (non-hydrogen) atoms. The second-order valence-electron chi connectivity index (χ2n) is 17.5. The van der Waals surface area contributed by atoms with Gasteiger partial charge >= 0.3 is 8.80 Å². The number of hydrogen-bond acceptors (Lipinski definition) is 6. The molecule has 3 fully saturated rings. The minimum absolute atomic E-state index is 0.557. The van der Waals surface area contributed by atoms with Crippen LogP contribution in [0.4, 0.5) is 0 Å². The summed E-state index contributed by atoms with van der Waals surface area (Å²) in [4.78, 5) is 21.4. The Kier molecular flexibility index (Phi) is 10.7. The Morgan fingerprint density at radius 1 is 0.462 bits per heavy atom. The summed E-state index contributed by atoms with van der Waals surface area (Å²) in [5, 5.41) is 0. The van der Waals surface area contributed by atoms with Gasteiger partial charge in [0.15, 0.2) is 0 Å². The van der Waals surface area contributed by atoms with Crippen molar-refractivity contribution < 1.29 is 13.3 Å². The first-order valence-electron chi connectivity index (χ1n) is 22.6. The summed E-state index contributed by atoms with van der Waals surface area (Å²) in [6, 6.07) is 43.6. The lowest BCUT2D eigenvalue weighted by molar-refractivity contribution is 0.000280. The molecule has 0 spiro atoms. The summed E-state index contributed by atoms with van der Waals surface area (Å²) in [6.45, 7) is 12.8. The fraction of sp³-hybridized carbons (Fsp3) is 0.179. The molecule has 9 heteroatoms. The molecular weight excluding hydrogens is 819 g/mol. The standard InChI is InChI=1S/C56H51N5O3Si/c1-36-5-13-40(14-6-36)52-45-21-22-46(57-45)53(41-15-7-37(2)8-16-41)48-25-26-50(59-48)55(43-19-11-39(4)12-20-43)56-44(27-34-65-62-31-28-61(29-32-63-65)30-33-64-65)35-51(60-56)54(49-24-23-47(52)58-49)42-17-9-38(3)10-18-42/h5-27,34-35,58-59H,28-33H2,1-4H3/b34-27+,52-45?,52-47?,53-46?,53-48?,54-49?,54-51?,55-50?,56-55?. The SMILES string of the molecule is Cc1ccc(-c2c3nc(c(-c4ccc(C)cc4)c4ccc([nH]4)c(-c4ccc(C)cc4)c4nc(c(-c5ccc(C)cc5)c5ccc2[nH]5)C=C4/C=C/[Si]24OCCN(CCO2)CCO4)C=C3)cc1. The molecule has 0 radical (unpaired) electrons. The van der Waals surface area contributed by atoms with E-state index >= 15 is 0 Å². The minimum atomic E-state index is -3.18. The summed E-state index contributed by atoms with van der Waals surface area (Å²) >= 11 is 0. The van der Waals surface area contributed by atoms with E-state index in [2.05, 4.69) is 194 Å². The second kappa shape index (κ2) is 17.0. The maximum absolute atomic E-state index is 6.54. The van der Waals surface area contributed by atoms with Crippen molar-refractivity contribution in [2.24, 2.45) is 0 Å². The normalized spacial score (nSPS) is 18.4. The van der Waals surface area contributed by atoms with E-state index in [1.807, 2.05) is 0 Å². The first-order valence-corrected chi connectivity index (χ1v) is 24.4. The van der Waals surface area contributed by atoms with Crippen LogP contribution in [0.5, 0.6) is 0 Å². The zero-order chi connectivity index (χ0) is 44.1. The first-order chi connectivity index (χ1) is 31.8. The molecule has 5 aliphatic heterocycles. The highest BCUT2D eigenvalue weighted by Gasteiger charge is 2.42. The van der Waals surface area contributed by atoms with Gasteiger partial charge in [0.2, 0.25) is 0 Å². The molecule has 10 bridgehead atoms. The summed E-state index contributed by atoms with van der Waals surface area (Å²) in [5.41, 5.74) is 23.3. The molecule has 0 aliphatic carbocycles. The summed E-state index contributed by atoms with van der Waals surface area (Å²) < 4.78 is 19.6. The third-order valence-electron chi connectivity index (χ3n) is 12.9. The highest BCUT2D eigenvalue weighted by atomic mass is 28.4. The summed E-state index contributed by atoms with van der Waals surface area (Å²) in [5.74, 6) is 0. The molecular formula is C56H51N5O3Si. The molecule has 4 aromatic carbocycles. The number of aryl methyl sites for hydroxylation is 4. The van der Waals surface area contributed by atoms with Crippen LogP contribution in [0.15, 0.2) is 133 Å². The van der Waals surface area contributed by atoms with Crippen LogP contribution in [0, 0.1) is 27.7 Å². The van der Waals surface area contributed by atoms with E-state index in [1.54, 1.807) is 0 Å². The van der Waals surface area contributed by atoms with Gasteiger partial charge in [0.05, 0.1) is 42.6 Å². The Morgan fingerprint density at radius 2 is 0.831 bits per heavy atom. The van der Waals surface area contributed by atoms with E-state index < -0.39 is 8.80 Å². The molecule has 7 aromatic rings. The lowest BCUT2D eigenvalue weighted by Crippen LogP contribution is -2.54. The van der Waals surface area contributed by atoms with Gasteiger partial charge in [-0.1, -0.05) is 125 Å². The topological polar surface area (TPSA) is 88.3 Å². The van der Waals surface area contributed by atoms with E-state index in [1.165, 1.54) is 22.3 Å². The van der Waals surface area contributed by atoms with Gasteiger partial charge in [-0.2, -0.15) is 0 Å². The third-order valence-corrected chi connectivity index (χ3v) is 15.2. The van der Waals surface area contributed by atoms with Crippen LogP contribution >= 0.6 is 0 Å². The predicted molar refractivity (Wildman–Crippen MR) is 268 cm³/mol. The monoisotopic (exact) mass is 869 g/mol. The molecule has 5 aliphatic rings. The third kappa shape index (κ3) is 8.07. The number of nitrogens with one attached hydrogen (secondary N) is 2. The van der Waals surface area contributed by atoms with Crippen LogP contribution in [0.3, 0.4) is 0 Å². The summed E-state index contributed by atoms with van der Waals surface area (Å²) in [7, 11) is -3.18. The number of H-pyrrole nitrogens is 2. The van der Waals surface area contributed by atoms with Gasteiger partial charge in [-0.05, 0) is 98.1 Å². The number of nitrogens with zero attached hydrogens (tertiary/aromatic N) is 3. The van der Waals surface area contributed by atoms with Crippen molar-refractivity contribution in [3.05, 3.63) is 178 Å². The first kappa shape index (κ1) is 41.0. The molecule has 8 heterocycles. The molecule has 3 aromatic heterocycles. The molecule has 8 nitrogen and oxygen atoms in total. The Morgan fingerprint density at radius 3 is 1.25 bits per heavy atom. The van der Waals surface area contributed by atoms with Gasteiger partial charge < -0.3 is 23.2 Å². The lowest BCUT2D eigenvalue weighted by Gasteiger charge is -2.36. The van der Waals surface area contributed by atoms with E-state index in [4.69, 9.17) is 23.2 Å². The van der Waals surface area contributed by atoms with Crippen LogP contribution in [0.1, 0.15) is 45.0 Å². The molecule has 322 valence electrons. The van der Waals surface area contributed by atoms with E-state index in [-0.39, 0.29) is 0 Å². The van der Waals surface area contributed by atoms with E-state index in [0.29, 0.717) is 19.8 Å². The van der Waals surface area contributed by atoms with Crippen molar-refractivity contribution >= 4 is 54.7 Å². The Balaban J connectivity index is 1.28. The molecule has 0 unspecified atom stereocenters. The second-order valence-corrected chi connectivity index (χ2v) is 19.9. The zero-order valence-electron chi connectivity index (χ0n) is 37.2. The molecule has 3 saturated heterocycles. The van der Waals surface area contributed by atoms with Crippen molar-refractivity contribution in [2.75, 3.05) is 39.5 Å². The molecule has 0 saturated carbocycles. The number of rotatable bonds is 6. The van der Waals surface area contributed by atoms with Crippen molar-refractivity contribution in [3.63, 3.8) is 0 Å². The molecule has 12 rings (SSSR count).